The Labute approximate surface area is 87.6 Å². The van der Waals surface area contributed by atoms with Gasteiger partial charge in [0, 0.05) is 5.56 Å². The lowest BCUT2D eigenvalue weighted by Crippen LogP contribution is -1.91. The highest BCUT2D eigenvalue weighted by molar-refractivity contribution is 5.43. The summed E-state index contributed by atoms with van der Waals surface area (Å²) in [4.78, 5) is 0. The smallest absolute Gasteiger partial charge is 0.122 e. The van der Waals surface area contributed by atoms with Gasteiger partial charge in [-0.15, -0.1) is 0 Å². The number of hydrogen-bond acceptors (Lipinski definition) is 3. The summed E-state index contributed by atoms with van der Waals surface area (Å²) in [6, 6.07) is 6.64. The van der Waals surface area contributed by atoms with Crippen molar-refractivity contribution in [3.05, 3.63) is 47.9 Å². The van der Waals surface area contributed by atoms with E-state index in [1.165, 1.54) is 0 Å². The molecule has 0 aliphatic rings. The minimum atomic E-state index is 0.137. The summed E-state index contributed by atoms with van der Waals surface area (Å²) in [5.41, 5.74) is 1.64. The first-order valence-electron chi connectivity index (χ1n) is 4.78. The summed E-state index contributed by atoms with van der Waals surface area (Å²) >= 11 is 0. The number of hydrogen-bond donors (Lipinski definition) is 2. The van der Waals surface area contributed by atoms with Crippen molar-refractivity contribution in [2.24, 2.45) is 0 Å². The molecule has 2 rings (SSSR count). The Morgan fingerprint density at radius 2 is 1.73 bits per heavy atom. The summed E-state index contributed by atoms with van der Waals surface area (Å²) in [6.45, 7) is 0. The molecule has 0 aliphatic carbocycles. The van der Waals surface area contributed by atoms with E-state index in [4.69, 9.17) is 4.42 Å². The van der Waals surface area contributed by atoms with Crippen molar-refractivity contribution in [1.82, 2.24) is 0 Å². The number of furan rings is 1. The molecule has 0 unspecified atom stereocenters. The maximum atomic E-state index is 9.54. The highest BCUT2D eigenvalue weighted by Gasteiger charge is 2.06. The molecule has 0 aliphatic heterocycles. The van der Waals surface area contributed by atoms with Crippen LogP contribution in [0.4, 0.5) is 0 Å². The van der Waals surface area contributed by atoms with Gasteiger partial charge < -0.3 is 14.6 Å². The topological polar surface area (TPSA) is 53.6 Å². The van der Waals surface area contributed by atoms with Crippen molar-refractivity contribution in [2.75, 3.05) is 0 Å². The van der Waals surface area contributed by atoms with Gasteiger partial charge in [-0.2, -0.15) is 0 Å². The van der Waals surface area contributed by atoms with E-state index in [0.717, 1.165) is 12.0 Å². The Hall–Kier alpha value is -1.90. The van der Waals surface area contributed by atoms with E-state index in [-0.39, 0.29) is 11.5 Å². The van der Waals surface area contributed by atoms with Crippen LogP contribution in [0.2, 0.25) is 0 Å². The van der Waals surface area contributed by atoms with Crippen molar-refractivity contribution in [1.29, 1.82) is 0 Å². The minimum Gasteiger partial charge on any atom is -0.508 e. The van der Waals surface area contributed by atoms with E-state index in [1.807, 2.05) is 6.07 Å². The van der Waals surface area contributed by atoms with E-state index in [9.17, 15) is 10.2 Å². The fourth-order valence-electron chi connectivity index (χ4n) is 1.52. The molecule has 1 aromatic heterocycles. The summed E-state index contributed by atoms with van der Waals surface area (Å²) in [5, 5.41) is 19.1. The SMILES string of the molecule is Oc1cccc(O)c1CCc1ccoc1. The molecule has 0 radical (unpaired) electrons. The second-order valence-electron chi connectivity index (χ2n) is 3.41. The van der Waals surface area contributed by atoms with Crippen molar-refractivity contribution >= 4 is 0 Å². The van der Waals surface area contributed by atoms with E-state index < -0.39 is 0 Å². The van der Waals surface area contributed by atoms with Crippen molar-refractivity contribution < 1.29 is 14.6 Å². The first-order chi connectivity index (χ1) is 7.27. The Morgan fingerprint density at radius 3 is 2.33 bits per heavy atom. The average Bonchev–Trinajstić information content (AvgIpc) is 2.70. The van der Waals surface area contributed by atoms with Crippen LogP contribution in [0, 0.1) is 0 Å². The lowest BCUT2D eigenvalue weighted by molar-refractivity contribution is 0.438. The van der Waals surface area contributed by atoms with Gasteiger partial charge in [-0.25, -0.2) is 0 Å². The minimum absolute atomic E-state index is 0.137. The van der Waals surface area contributed by atoms with Gasteiger partial charge in [0.05, 0.1) is 12.5 Å². The second kappa shape index (κ2) is 4.09. The van der Waals surface area contributed by atoms with E-state index >= 15 is 0 Å². The molecular formula is C12H12O3. The van der Waals surface area contributed by atoms with Crippen LogP contribution in [0.15, 0.2) is 41.2 Å². The predicted molar refractivity (Wildman–Crippen MR) is 55.9 cm³/mol. The molecule has 0 atom stereocenters. The average molecular weight is 204 g/mol. The molecule has 2 aromatic rings. The molecule has 3 heteroatoms. The van der Waals surface area contributed by atoms with Crippen LogP contribution < -0.4 is 0 Å². The van der Waals surface area contributed by atoms with E-state index in [0.29, 0.717) is 12.0 Å². The molecule has 0 spiro atoms. The highest BCUT2D eigenvalue weighted by atomic mass is 16.3. The largest absolute Gasteiger partial charge is 0.508 e. The zero-order chi connectivity index (χ0) is 10.7. The number of rotatable bonds is 3. The first kappa shape index (κ1) is 9.65. The quantitative estimate of drug-likeness (QED) is 0.807. The van der Waals surface area contributed by atoms with Crippen LogP contribution in [0.25, 0.3) is 0 Å². The standard InChI is InChI=1S/C12H12O3/c13-11-2-1-3-12(14)10(11)5-4-9-6-7-15-8-9/h1-3,6-8,13-14H,4-5H2. The fraction of sp³-hybridized carbons (Fsp3) is 0.167. The summed E-state index contributed by atoms with van der Waals surface area (Å²) < 4.78 is 4.94. The van der Waals surface area contributed by atoms with Crippen LogP contribution in [0.1, 0.15) is 11.1 Å². The molecule has 0 amide bonds. The summed E-state index contributed by atoms with van der Waals surface area (Å²) in [7, 11) is 0. The molecule has 0 saturated carbocycles. The summed E-state index contributed by atoms with van der Waals surface area (Å²) in [6.07, 6.45) is 4.61. The molecule has 78 valence electrons. The Bertz CT molecular complexity index is 412. The molecule has 0 bridgehead atoms. The van der Waals surface area contributed by atoms with Crippen LogP contribution in [-0.4, -0.2) is 10.2 Å². The molecular weight excluding hydrogens is 192 g/mol. The number of phenolic OH excluding ortho intramolecular Hbond substituents is 2. The number of aryl methyl sites for hydroxylation is 1. The Morgan fingerprint density at radius 1 is 1.00 bits per heavy atom. The Balaban J connectivity index is 2.11. The van der Waals surface area contributed by atoms with Gasteiger partial charge in [0.2, 0.25) is 0 Å². The predicted octanol–water partition coefficient (Wildman–Crippen LogP) is 2.48. The lowest BCUT2D eigenvalue weighted by Gasteiger charge is -2.05. The lowest BCUT2D eigenvalue weighted by atomic mass is 10.0. The maximum absolute atomic E-state index is 9.54. The Kier molecular flexibility index (Phi) is 2.63. The zero-order valence-electron chi connectivity index (χ0n) is 8.18. The molecule has 1 aromatic carbocycles. The number of phenols is 2. The van der Waals surface area contributed by atoms with Gasteiger partial charge in [-0.1, -0.05) is 6.07 Å². The maximum Gasteiger partial charge on any atom is 0.122 e. The van der Waals surface area contributed by atoms with Gasteiger partial charge in [0.1, 0.15) is 11.5 Å². The van der Waals surface area contributed by atoms with Gasteiger partial charge in [-0.3, -0.25) is 0 Å². The molecule has 15 heavy (non-hydrogen) atoms. The van der Waals surface area contributed by atoms with Crippen LogP contribution in [0.3, 0.4) is 0 Å². The third-order valence-corrected chi connectivity index (χ3v) is 2.37. The third kappa shape index (κ3) is 2.13. The number of benzene rings is 1. The molecule has 0 fully saturated rings. The zero-order valence-corrected chi connectivity index (χ0v) is 8.18. The van der Waals surface area contributed by atoms with Crippen LogP contribution in [0.5, 0.6) is 11.5 Å². The molecule has 0 saturated heterocycles. The van der Waals surface area contributed by atoms with Crippen molar-refractivity contribution in [3.63, 3.8) is 0 Å². The fourth-order valence-corrected chi connectivity index (χ4v) is 1.52. The van der Waals surface area contributed by atoms with Gasteiger partial charge in [0.15, 0.2) is 0 Å². The van der Waals surface area contributed by atoms with Crippen molar-refractivity contribution in [3.8, 4) is 11.5 Å². The normalized spacial score (nSPS) is 10.4. The molecule has 1 heterocycles. The monoisotopic (exact) mass is 204 g/mol. The number of aromatic hydroxyl groups is 2. The van der Waals surface area contributed by atoms with Gasteiger partial charge in [-0.05, 0) is 36.6 Å². The van der Waals surface area contributed by atoms with Crippen molar-refractivity contribution in [2.45, 2.75) is 12.8 Å². The van der Waals surface area contributed by atoms with Gasteiger partial charge >= 0.3 is 0 Å². The molecule has 2 N–H and O–H groups in total. The molecule has 3 nitrogen and oxygen atoms in total. The van der Waals surface area contributed by atoms with Crippen LogP contribution in [-0.2, 0) is 12.8 Å². The van der Waals surface area contributed by atoms with Crippen LogP contribution >= 0.6 is 0 Å². The van der Waals surface area contributed by atoms with E-state index in [2.05, 4.69) is 0 Å². The second-order valence-corrected chi connectivity index (χ2v) is 3.41. The first-order valence-corrected chi connectivity index (χ1v) is 4.78. The highest BCUT2D eigenvalue weighted by Crippen LogP contribution is 2.27. The third-order valence-electron chi connectivity index (χ3n) is 2.37. The van der Waals surface area contributed by atoms with Gasteiger partial charge in [0.25, 0.3) is 0 Å². The van der Waals surface area contributed by atoms with E-state index in [1.54, 1.807) is 30.7 Å². The summed E-state index contributed by atoms with van der Waals surface area (Å²) in [5.74, 6) is 0.275.